The Hall–Kier alpha value is -0.340. The molecule has 7 unspecified atom stereocenters. The first-order chi connectivity index (χ1) is 13.4. The molecular formula is C21H36N2O4S. The summed E-state index contributed by atoms with van der Waals surface area (Å²) in [6, 6.07) is 0. The van der Waals surface area contributed by atoms with Crippen LogP contribution in [0, 0.1) is 22.7 Å². The zero-order valence-corrected chi connectivity index (χ0v) is 18.1. The molecule has 6 nitrogen and oxygen atoms in total. The van der Waals surface area contributed by atoms with Crippen LogP contribution in [0.25, 0.3) is 0 Å². The summed E-state index contributed by atoms with van der Waals surface area (Å²) in [7, 11) is 0. The highest BCUT2D eigenvalue weighted by Gasteiger charge is 2.61. The second-order valence-electron chi connectivity index (χ2n) is 9.65. The minimum Gasteiger partial charge on any atom is -0.393 e. The van der Waals surface area contributed by atoms with Crippen LogP contribution in [0.3, 0.4) is 0 Å². The van der Waals surface area contributed by atoms with E-state index in [1.807, 2.05) is 16.7 Å². The second kappa shape index (κ2) is 8.06. The summed E-state index contributed by atoms with van der Waals surface area (Å²) in [6.45, 7) is 7.31. The average Bonchev–Trinajstić information content (AvgIpc) is 2.70. The minimum absolute atomic E-state index is 0.0123. The van der Waals surface area contributed by atoms with Crippen molar-refractivity contribution in [2.75, 3.05) is 37.7 Å². The van der Waals surface area contributed by atoms with Gasteiger partial charge in [-0.25, -0.2) is 0 Å². The molecule has 2 heterocycles. The van der Waals surface area contributed by atoms with Gasteiger partial charge >= 0.3 is 0 Å². The Kier molecular flexibility index (Phi) is 6.02. The highest BCUT2D eigenvalue weighted by atomic mass is 32.2. The second-order valence-corrected chi connectivity index (χ2v) is 10.9. The molecule has 0 bridgehead atoms. The van der Waals surface area contributed by atoms with E-state index in [1.54, 1.807) is 0 Å². The predicted octanol–water partition coefficient (Wildman–Crippen LogP) is 1.85. The van der Waals surface area contributed by atoms with E-state index in [0.29, 0.717) is 25.5 Å². The van der Waals surface area contributed by atoms with Crippen molar-refractivity contribution >= 4 is 17.7 Å². The highest BCUT2D eigenvalue weighted by molar-refractivity contribution is 7.99. The number of rotatable bonds is 3. The monoisotopic (exact) mass is 412 g/mol. The number of carbonyl (C=O) groups excluding carboxylic acids is 1. The van der Waals surface area contributed by atoms with Crippen molar-refractivity contribution in [1.29, 1.82) is 0 Å². The van der Waals surface area contributed by atoms with Gasteiger partial charge in [0.15, 0.2) is 6.29 Å². The largest absolute Gasteiger partial charge is 0.393 e. The van der Waals surface area contributed by atoms with Gasteiger partial charge in [-0.15, -0.1) is 0 Å². The van der Waals surface area contributed by atoms with E-state index in [-0.39, 0.29) is 35.0 Å². The van der Waals surface area contributed by atoms with Crippen molar-refractivity contribution in [2.24, 2.45) is 28.4 Å². The van der Waals surface area contributed by atoms with E-state index in [2.05, 4.69) is 13.8 Å². The van der Waals surface area contributed by atoms with Crippen molar-refractivity contribution in [1.82, 2.24) is 4.90 Å². The summed E-state index contributed by atoms with van der Waals surface area (Å²) in [4.78, 5) is 15.0. The maximum Gasteiger partial charge on any atom is 0.223 e. The van der Waals surface area contributed by atoms with Crippen LogP contribution in [-0.2, 0) is 14.3 Å². The Bertz CT molecular complexity index is 587. The summed E-state index contributed by atoms with van der Waals surface area (Å²) in [5.74, 6) is 2.66. The molecule has 0 aromatic heterocycles. The number of nitrogens with zero attached hydrogens (tertiary/aromatic N) is 1. The Morgan fingerprint density at radius 3 is 2.68 bits per heavy atom. The molecule has 0 aromatic carbocycles. The fourth-order valence-electron chi connectivity index (χ4n) is 6.54. The summed E-state index contributed by atoms with van der Waals surface area (Å²) in [6.07, 6.45) is 3.58. The number of thioether (sulfide) groups is 1. The molecule has 0 radical (unpaired) electrons. The SMILES string of the molecule is CC12COC(CN)OC1CCC1(C)C(CC(=O)N3CCSCC3)C(O)CCC21. The number of aliphatic hydroxyl groups is 1. The van der Waals surface area contributed by atoms with Crippen LogP contribution in [0.5, 0.6) is 0 Å². The summed E-state index contributed by atoms with van der Waals surface area (Å²) >= 11 is 1.91. The molecule has 7 heteroatoms. The molecule has 3 N–H and O–H groups in total. The van der Waals surface area contributed by atoms with Gasteiger partial charge in [0, 0.05) is 43.0 Å². The number of nitrogens with two attached hydrogens (primary N) is 1. The Labute approximate surface area is 172 Å². The lowest BCUT2D eigenvalue weighted by atomic mass is 9.46. The van der Waals surface area contributed by atoms with Gasteiger partial charge in [-0.3, -0.25) is 4.79 Å². The molecule has 2 aliphatic carbocycles. The van der Waals surface area contributed by atoms with Gasteiger partial charge in [0.25, 0.3) is 0 Å². The summed E-state index contributed by atoms with van der Waals surface area (Å²) in [5.41, 5.74) is 5.62. The molecule has 160 valence electrons. The molecule has 2 saturated heterocycles. The first-order valence-electron chi connectivity index (χ1n) is 10.9. The molecule has 0 spiro atoms. The van der Waals surface area contributed by atoms with Gasteiger partial charge < -0.3 is 25.2 Å². The first kappa shape index (κ1) is 20.9. The lowest BCUT2D eigenvalue weighted by Gasteiger charge is -2.63. The molecule has 7 atom stereocenters. The van der Waals surface area contributed by atoms with Crippen LogP contribution in [0.1, 0.15) is 46.0 Å². The molecule has 4 rings (SSSR count). The van der Waals surface area contributed by atoms with Gasteiger partial charge in [-0.1, -0.05) is 13.8 Å². The average molecular weight is 413 g/mol. The maximum atomic E-state index is 13.0. The van der Waals surface area contributed by atoms with Gasteiger partial charge in [0.05, 0.1) is 18.8 Å². The number of hydrogen-bond acceptors (Lipinski definition) is 6. The van der Waals surface area contributed by atoms with Crippen molar-refractivity contribution in [2.45, 2.75) is 64.4 Å². The van der Waals surface area contributed by atoms with Crippen molar-refractivity contribution in [3.8, 4) is 0 Å². The van der Waals surface area contributed by atoms with Crippen LogP contribution >= 0.6 is 11.8 Å². The number of amides is 1. The summed E-state index contributed by atoms with van der Waals surface area (Å²) < 4.78 is 12.1. The predicted molar refractivity (Wildman–Crippen MR) is 110 cm³/mol. The molecule has 4 aliphatic rings. The Balaban J connectivity index is 1.53. The van der Waals surface area contributed by atoms with E-state index in [9.17, 15) is 9.90 Å². The zero-order valence-electron chi connectivity index (χ0n) is 17.3. The molecular weight excluding hydrogens is 376 g/mol. The molecule has 0 aromatic rings. The summed E-state index contributed by atoms with van der Waals surface area (Å²) in [5, 5.41) is 10.9. The Morgan fingerprint density at radius 1 is 1.21 bits per heavy atom. The molecule has 1 amide bonds. The number of ether oxygens (including phenoxy) is 2. The van der Waals surface area contributed by atoms with E-state index in [4.69, 9.17) is 15.2 Å². The van der Waals surface area contributed by atoms with Crippen molar-refractivity contribution in [3.63, 3.8) is 0 Å². The lowest BCUT2D eigenvalue weighted by Crippen LogP contribution is -2.63. The third-order valence-electron chi connectivity index (χ3n) is 8.18. The van der Waals surface area contributed by atoms with E-state index >= 15 is 0 Å². The normalized spacial score (nSPS) is 46.6. The molecule has 4 fully saturated rings. The topological polar surface area (TPSA) is 85.0 Å². The van der Waals surface area contributed by atoms with Crippen LogP contribution < -0.4 is 5.73 Å². The standard InChI is InChI=1S/C21H36N2O4S/c1-20-6-5-17-21(2,13-26-19(12-22)27-17)16(20)4-3-15(24)14(20)11-18(25)23-7-9-28-10-8-23/h14-17,19,24H,3-13,22H2,1-2H3. The van der Waals surface area contributed by atoms with Crippen LogP contribution in [0.4, 0.5) is 0 Å². The quantitative estimate of drug-likeness (QED) is 0.736. The van der Waals surface area contributed by atoms with Gasteiger partial charge in [0.2, 0.25) is 5.91 Å². The minimum atomic E-state index is -0.397. The van der Waals surface area contributed by atoms with Crippen LogP contribution in [-0.4, -0.2) is 72.2 Å². The highest BCUT2D eigenvalue weighted by Crippen LogP contribution is 2.62. The Morgan fingerprint density at radius 2 is 1.96 bits per heavy atom. The molecule has 28 heavy (non-hydrogen) atoms. The van der Waals surface area contributed by atoms with E-state index in [1.165, 1.54) is 0 Å². The molecule has 2 saturated carbocycles. The first-order valence-corrected chi connectivity index (χ1v) is 12.0. The third-order valence-corrected chi connectivity index (χ3v) is 9.13. The molecule has 2 aliphatic heterocycles. The van der Waals surface area contributed by atoms with Crippen LogP contribution in [0.15, 0.2) is 0 Å². The third kappa shape index (κ3) is 3.51. The van der Waals surface area contributed by atoms with Gasteiger partial charge in [-0.05, 0) is 42.9 Å². The fourth-order valence-corrected chi connectivity index (χ4v) is 7.44. The van der Waals surface area contributed by atoms with Gasteiger partial charge in [-0.2, -0.15) is 11.8 Å². The lowest BCUT2D eigenvalue weighted by molar-refractivity contribution is -0.305. The van der Waals surface area contributed by atoms with Crippen molar-refractivity contribution in [3.05, 3.63) is 0 Å². The number of fused-ring (bicyclic) bond motifs is 3. The van der Waals surface area contributed by atoms with E-state index in [0.717, 1.165) is 50.3 Å². The smallest absolute Gasteiger partial charge is 0.223 e. The maximum absolute atomic E-state index is 13.0. The van der Waals surface area contributed by atoms with E-state index < -0.39 is 6.10 Å². The fraction of sp³-hybridized carbons (Fsp3) is 0.952. The van der Waals surface area contributed by atoms with Gasteiger partial charge in [0.1, 0.15) is 0 Å². The van der Waals surface area contributed by atoms with Crippen LogP contribution in [0.2, 0.25) is 0 Å². The number of aliphatic hydroxyl groups excluding tert-OH is 1. The van der Waals surface area contributed by atoms with Crippen molar-refractivity contribution < 1.29 is 19.4 Å². The number of carbonyl (C=O) groups is 1. The zero-order chi connectivity index (χ0) is 19.9. The number of hydrogen-bond donors (Lipinski definition) is 2.